The van der Waals surface area contributed by atoms with E-state index in [2.05, 4.69) is 15.4 Å². The number of pyridine rings is 2. The van der Waals surface area contributed by atoms with Crippen molar-refractivity contribution in [1.82, 2.24) is 19.9 Å². The fourth-order valence-electron chi connectivity index (χ4n) is 2.94. The second-order valence-corrected chi connectivity index (χ2v) is 5.79. The summed E-state index contributed by atoms with van der Waals surface area (Å²) >= 11 is 0. The number of fused-ring (bicyclic) bond motifs is 1. The molecule has 1 amide bonds. The summed E-state index contributed by atoms with van der Waals surface area (Å²) < 4.78 is 15.0. The first-order valence-electron chi connectivity index (χ1n) is 8.08. The molecule has 1 aromatic carbocycles. The lowest BCUT2D eigenvalue weighted by molar-refractivity contribution is 0.0962. The Balaban J connectivity index is 1.99. The molecule has 3 aromatic heterocycles. The van der Waals surface area contributed by atoms with Crippen LogP contribution in [0.1, 0.15) is 10.4 Å². The highest BCUT2D eigenvalue weighted by molar-refractivity contribution is 5.96. The fourth-order valence-corrected chi connectivity index (χ4v) is 2.94. The van der Waals surface area contributed by atoms with Crippen molar-refractivity contribution in [2.45, 2.75) is 0 Å². The van der Waals surface area contributed by atoms with E-state index in [1.807, 2.05) is 18.2 Å². The van der Waals surface area contributed by atoms with Crippen molar-refractivity contribution in [3.8, 4) is 22.4 Å². The molecule has 6 heteroatoms. The van der Waals surface area contributed by atoms with E-state index in [0.29, 0.717) is 11.3 Å². The van der Waals surface area contributed by atoms with Crippen molar-refractivity contribution in [2.24, 2.45) is 0 Å². The number of nitrogens with one attached hydrogen (secondary N) is 1. The van der Waals surface area contributed by atoms with Crippen LogP contribution in [0.3, 0.4) is 0 Å². The molecule has 128 valence electrons. The third-order valence-electron chi connectivity index (χ3n) is 4.21. The third kappa shape index (κ3) is 2.71. The first-order chi connectivity index (χ1) is 12.7. The average Bonchev–Trinajstić information content (AvgIpc) is 3.07. The van der Waals surface area contributed by atoms with Gasteiger partial charge >= 0.3 is 0 Å². The Kier molecular flexibility index (Phi) is 3.93. The number of carbonyl (C=O) groups excluding carboxylic acids is 1. The van der Waals surface area contributed by atoms with E-state index in [4.69, 9.17) is 0 Å². The maximum Gasteiger partial charge on any atom is 0.252 e. The number of amides is 1. The van der Waals surface area contributed by atoms with Gasteiger partial charge in [0.25, 0.3) is 5.91 Å². The van der Waals surface area contributed by atoms with Crippen molar-refractivity contribution in [1.29, 1.82) is 0 Å². The van der Waals surface area contributed by atoms with Crippen molar-refractivity contribution in [2.75, 3.05) is 7.05 Å². The maximum absolute atomic E-state index is 13.3. The van der Waals surface area contributed by atoms with Crippen LogP contribution in [0.25, 0.3) is 27.9 Å². The van der Waals surface area contributed by atoms with Gasteiger partial charge in [-0.3, -0.25) is 9.78 Å². The minimum absolute atomic E-state index is 0.184. The number of hydrogen-bond donors (Lipinski definition) is 1. The predicted octanol–water partition coefficient (Wildman–Crippen LogP) is 3.56. The molecule has 0 saturated carbocycles. The van der Waals surface area contributed by atoms with E-state index >= 15 is 0 Å². The van der Waals surface area contributed by atoms with Gasteiger partial charge in [0.15, 0.2) is 0 Å². The van der Waals surface area contributed by atoms with Gasteiger partial charge in [-0.25, -0.2) is 8.91 Å². The third-order valence-corrected chi connectivity index (χ3v) is 4.21. The second kappa shape index (κ2) is 6.40. The molecule has 0 fully saturated rings. The molecule has 3 heterocycles. The van der Waals surface area contributed by atoms with Crippen LogP contribution in [0.15, 0.2) is 67.1 Å². The highest BCUT2D eigenvalue weighted by atomic mass is 19.1. The molecular formula is C20H15FN4O. The number of hydrogen-bond acceptors (Lipinski definition) is 3. The summed E-state index contributed by atoms with van der Waals surface area (Å²) in [5.41, 5.74) is 4.72. The normalized spacial score (nSPS) is 10.8. The molecule has 0 aliphatic heterocycles. The van der Waals surface area contributed by atoms with E-state index < -0.39 is 0 Å². The Morgan fingerprint density at radius 1 is 1.00 bits per heavy atom. The van der Waals surface area contributed by atoms with Crippen LogP contribution in [-0.2, 0) is 0 Å². The van der Waals surface area contributed by atoms with Crippen molar-refractivity contribution < 1.29 is 9.18 Å². The number of halogens is 1. The van der Waals surface area contributed by atoms with Crippen molar-refractivity contribution in [3.63, 3.8) is 0 Å². The summed E-state index contributed by atoms with van der Waals surface area (Å²) in [5, 5.41) is 7.27. The van der Waals surface area contributed by atoms with Gasteiger partial charge in [0, 0.05) is 36.8 Å². The Morgan fingerprint density at radius 2 is 1.73 bits per heavy atom. The van der Waals surface area contributed by atoms with Crippen LogP contribution in [0.4, 0.5) is 4.39 Å². The summed E-state index contributed by atoms with van der Waals surface area (Å²) in [6.45, 7) is 0. The quantitative estimate of drug-likeness (QED) is 0.617. The molecule has 1 N–H and O–H groups in total. The minimum Gasteiger partial charge on any atom is -0.355 e. The van der Waals surface area contributed by atoms with Crippen LogP contribution in [-0.4, -0.2) is 27.6 Å². The highest BCUT2D eigenvalue weighted by Gasteiger charge is 2.17. The van der Waals surface area contributed by atoms with Crippen LogP contribution in [0, 0.1) is 5.82 Å². The molecule has 4 rings (SSSR count). The molecule has 0 radical (unpaired) electrons. The van der Waals surface area contributed by atoms with E-state index in [1.165, 1.54) is 12.1 Å². The standard InChI is InChI=1S/C20H15FN4O/c1-22-20(26)15-4-7-17-18(13-8-10-23-11-9-13)19(24-25(17)12-15)14-2-5-16(21)6-3-14/h2-12H,1H3,(H,22,26). The Bertz CT molecular complexity index is 1090. The van der Waals surface area contributed by atoms with E-state index in [-0.39, 0.29) is 11.7 Å². The maximum atomic E-state index is 13.3. The minimum atomic E-state index is -0.301. The van der Waals surface area contributed by atoms with E-state index in [9.17, 15) is 9.18 Å². The smallest absolute Gasteiger partial charge is 0.252 e. The van der Waals surface area contributed by atoms with E-state index in [0.717, 1.165) is 22.2 Å². The molecular weight excluding hydrogens is 331 g/mol. The molecule has 5 nitrogen and oxygen atoms in total. The summed E-state index contributed by atoms with van der Waals surface area (Å²) in [4.78, 5) is 16.0. The van der Waals surface area contributed by atoms with Gasteiger partial charge < -0.3 is 5.32 Å². The number of benzene rings is 1. The van der Waals surface area contributed by atoms with Gasteiger partial charge in [0.2, 0.25) is 0 Å². The average molecular weight is 346 g/mol. The van der Waals surface area contributed by atoms with Crippen LogP contribution < -0.4 is 5.32 Å². The molecule has 4 aromatic rings. The molecule has 26 heavy (non-hydrogen) atoms. The number of aromatic nitrogens is 3. The zero-order valence-electron chi connectivity index (χ0n) is 14.0. The summed E-state index contributed by atoms with van der Waals surface area (Å²) in [5.74, 6) is -0.485. The monoisotopic (exact) mass is 346 g/mol. The summed E-state index contributed by atoms with van der Waals surface area (Å²) in [6.07, 6.45) is 5.12. The zero-order chi connectivity index (χ0) is 18.1. The lowest BCUT2D eigenvalue weighted by Gasteiger charge is -2.04. The summed E-state index contributed by atoms with van der Waals surface area (Å²) in [7, 11) is 1.59. The molecule has 0 unspecified atom stereocenters. The van der Waals surface area contributed by atoms with Gasteiger partial charge in [0.05, 0.1) is 11.1 Å². The molecule has 0 aliphatic carbocycles. The van der Waals surface area contributed by atoms with Gasteiger partial charge in [-0.2, -0.15) is 5.10 Å². The Labute approximate surface area is 149 Å². The first-order valence-corrected chi connectivity index (χ1v) is 8.08. The molecule has 0 atom stereocenters. The highest BCUT2D eigenvalue weighted by Crippen LogP contribution is 2.35. The lowest BCUT2D eigenvalue weighted by Crippen LogP contribution is -2.18. The van der Waals surface area contributed by atoms with Gasteiger partial charge in [0.1, 0.15) is 11.5 Å². The van der Waals surface area contributed by atoms with Crippen LogP contribution in [0.5, 0.6) is 0 Å². The lowest BCUT2D eigenvalue weighted by atomic mass is 10.0. The van der Waals surface area contributed by atoms with Gasteiger partial charge in [-0.1, -0.05) is 0 Å². The van der Waals surface area contributed by atoms with Crippen LogP contribution in [0.2, 0.25) is 0 Å². The summed E-state index contributed by atoms with van der Waals surface area (Å²) in [6, 6.07) is 13.6. The largest absolute Gasteiger partial charge is 0.355 e. The topological polar surface area (TPSA) is 59.3 Å². The number of carbonyl (C=O) groups is 1. The fraction of sp³-hybridized carbons (Fsp3) is 0.0500. The second-order valence-electron chi connectivity index (χ2n) is 5.79. The van der Waals surface area contributed by atoms with Gasteiger partial charge in [-0.15, -0.1) is 0 Å². The zero-order valence-corrected chi connectivity index (χ0v) is 14.0. The molecule has 0 saturated heterocycles. The van der Waals surface area contributed by atoms with E-state index in [1.54, 1.807) is 48.4 Å². The Morgan fingerprint density at radius 3 is 2.42 bits per heavy atom. The molecule has 0 spiro atoms. The van der Waals surface area contributed by atoms with Crippen LogP contribution >= 0.6 is 0 Å². The predicted molar refractivity (Wildman–Crippen MR) is 97.2 cm³/mol. The van der Waals surface area contributed by atoms with Gasteiger partial charge in [-0.05, 0) is 54.1 Å². The molecule has 0 aliphatic rings. The van der Waals surface area contributed by atoms with Crippen molar-refractivity contribution >= 4 is 11.4 Å². The SMILES string of the molecule is CNC(=O)c1ccc2c(-c3ccncc3)c(-c3ccc(F)cc3)nn2c1. The number of nitrogens with zero attached hydrogens (tertiary/aromatic N) is 3. The number of rotatable bonds is 3. The first kappa shape index (κ1) is 16.0. The Hall–Kier alpha value is -3.54. The van der Waals surface area contributed by atoms with Crippen molar-refractivity contribution in [3.05, 3.63) is 78.5 Å². The molecule has 0 bridgehead atoms.